The van der Waals surface area contributed by atoms with Crippen LogP contribution in [0.15, 0.2) is 0 Å². The second kappa shape index (κ2) is 4.20. The molecule has 3 nitrogen and oxygen atoms in total. The summed E-state index contributed by atoms with van der Waals surface area (Å²) in [4.78, 5) is 11.4. The third-order valence-electron chi connectivity index (χ3n) is 2.96. The van der Waals surface area contributed by atoms with E-state index in [9.17, 15) is 4.79 Å². The molecule has 1 saturated carbocycles. The van der Waals surface area contributed by atoms with Crippen molar-refractivity contribution < 1.29 is 9.53 Å². The normalized spacial score (nSPS) is 19.7. The highest BCUT2D eigenvalue weighted by molar-refractivity contribution is 5.67. The first-order valence-electron chi connectivity index (χ1n) is 5.37. The summed E-state index contributed by atoms with van der Waals surface area (Å²) >= 11 is 0. The van der Waals surface area contributed by atoms with Crippen LogP contribution in [0.5, 0.6) is 0 Å². The summed E-state index contributed by atoms with van der Waals surface area (Å²) in [6.07, 6.45) is 3.14. The fourth-order valence-corrected chi connectivity index (χ4v) is 1.07. The Morgan fingerprint density at radius 3 is 2.36 bits per heavy atom. The molecular weight excluding hydrogens is 178 g/mol. The van der Waals surface area contributed by atoms with Crippen LogP contribution in [0, 0.1) is 5.41 Å². The molecule has 1 N–H and O–H groups in total. The molecule has 1 amide bonds. The Morgan fingerprint density at radius 1 is 1.43 bits per heavy atom. The predicted octanol–water partition coefficient (Wildman–Crippen LogP) is 2.70. The van der Waals surface area contributed by atoms with Gasteiger partial charge in [0.15, 0.2) is 0 Å². The average molecular weight is 199 g/mol. The summed E-state index contributed by atoms with van der Waals surface area (Å²) in [7, 11) is 0. The number of rotatable bonds is 2. The zero-order valence-electron chi connectivity index (χ0n) is 9.59. The van der Waals surface area contributed by atoms with E-state index in [4.69, 9.17) is 4.74 Å². The van der Waals surface area contributed by atoms with Gasteiger partial charge in [-0.2, -0.15) is 0 Å². The van der Waals surface area contributed by atoms with Crippen LogP contribution < -0.4 is 5.32 Å². The molecule has 1 aliphatic rings. The van der Waals surface area contributed by atoms with E-state index in [1.165, 1.54) is 6.42 Å². The van der Waals surface area contributed by atoms with E-state index in [0.717, 1.165) is 12.8 Å². The lowest BCUT2D eigenvalue weighted by molar-refractivity contribution is 0.0476. The van der Waals surface area contributed by atoms with Crippen LogP contribution in [-0.2, 0) is 4.74 Å². The topological polar surface area (TPSA) is 38.3 Å². The Hall–Kier alpha value is -0.730. The quantitative estimate of drug-likeness (QED) is 0.742. The van der Waals surface area contributed by atoms with E-state index in [1.807, 2.05) is 6.92 Å². The zero-order chi connectivity index (χ0) is 10.8. The summed E-state index contributed by atoms with van der Waals surface area (Å²) in [6.45, 7) is 8.30. The van der Waals surface area contributed by atoms with E-state index in [0.29, 0.717) is 0 Å². The van der Waals surface area contributed by atoms with E-state index >= 15 is 0 Å². The molecule has 0 aliphatic heterocycles. The van der Waals surface area contributed by atoms with E-state index in [2.05, 4.69) is 26.1 Å². The Morgan fingerprint density at radius 2 is 2.00 bits per heavy atom. The molecule has 0 radical (unpaired) electrons. The second-order valence-corrected chi connectivity index (χ2v) is 5.19. The lowest BCUT2D eigenvalue weighted by Gasteiger charge is -2.30. The smallest absolute Gasteiger partial charge is 0.407 e. The van der Waals surface area contributed by atoms with Gasteiger partial charge in [0.05, 0.1) is 0 Å². The first-order chi connectivity index (χ1) is 6.39. The highest BCUT2D eigenvalue weighted by Crippen LogP contribution is 2.23. The average Bonchev–Trinajstić information content (AvgIpc) is 1.95. The van der Waals surface area contributed by atoms with Crippen LogP contribution in [0.1, 0.15) is 47.0 Å². The molecule has 0 aromatic rings. The first-order valence-corrected chi connectivity index (χ1v) is 5.37. The van der Waals surface area contributed by atoms with Crippen molar-refractivity contribution in [3.63, 3.8) is 0 Å². The van der Waals surface area contributed by atoms with Gasteiger partial charge in [0, 0.05) is 6.04 Å². The van der Waals surface area contributed by atoms with E-state index < -0.39 is 0 Å². The number of hydrogen-bond acceptors (Lipinski definition) is 2. The SMILES string of the molecule is CC(NC(=O)OC1CCC1)C(C)(C)C. The fraction of sp³-hybridized carbons (Fsp3) is 0.909. The molecule has 1 unspecified atom stereocenters. The summed E-state index contributed by atoms with van der Waals surface area (Å²) < 4.78 is 5.20. The number of carbonyl (C=O) groups is 1. The summed E-state index contributed by atoms with van der Waals surface area (Å²) in [5, 5.41) is 2.86. The molecular formula is C11H21NO2. The fourth-order valence-electron chi connectivity index (χ4n) is 1.07. The van der Waals surface area contributed by atoms with E-state index in [1.54, 1.807) is 0 Å². The molecule has 14 heavy (non-hydrogen) atoms. The minimum Gasteiger partial charge on any atom is -0.446 e. The van der Waals surface area contributed by atoms with Gasteiger partial charge in [-0.15, -0.1) is 0 Å². The van der Waals surface area contributed by atoms with Crippen molar-refractivity contribution in [3.05, 3.63) is 0 Å². The maximum atomic E-state index is 11.4. The lowest BCUT2D eigenvalue weighted by Crippen LogP contribution is -2.43. The van der Waals surface area contributed by atoms with Gasteiger partial charge in [-0.25, -0.2) is 4.79 Å². The summed E-state index contributed by atoms with van der Waals surface area (Å²) in [5.74, 6) is 0. The number of amides is 1. The lowest BCUT2D eigenvalue weighted by atomic mass is 9.88. The molecule has 0 aromatic heterocycles. The van der Waals surface area contributed by atoms with Crippen LogP contribution in [0.3, 0.4) is 0 Å². The third kappa shape index (κ3) is 3.20. The van der Waals surface area contributed by atoms with Gasteiger partial charge in [-0.1, -0.05) is 20.8 Å². The molecule has 0 aromatic carbocycles. The Labute approximate surface area is 86.2 Å². The van der Waals surface area contributed by atoms with Crippen LogP contribution in [0.25, 0.3) is 0 Å². The minimum absolute atomic E-state index is 0.0820. The van der Waals surface area contributed by atoms with Crippen LogP contribution in [0.2, 0.25) is 0 Å². The van der Waals surface area contributed by atoms with Crippen LogP contribution in [-0.4, -0.2) is 18.2 Å². The van der Waals surface area contributed by atoms with Gasteiger partial charge < -0.3 is 10.1 Å². The van der Waals surface area contributed by atoms with Crippen LogP contribution >= 0.6 is 0 Å². The number of nitrogens with one attached hydrogen (secondary N) is 1. The molecule has 1 atom stereocenters. The maximum Gasteiger partial charge on any atom is 0.407 e. The molecule has 0 bridgehead atoms. The van der Waals surface area contributed by atoms with Gasteiger partial charge >= 0.3 is 6.09 Å². The summed E-state index contributed by atoms with van der Waals surface area (Å²) in [6, 6.07) is 0.134. The Bertz CT molecular complexity index is 204. The van der Waals surface area contributed by atoms with Crippen molar-refractivity contribution >= 4 is 6.09 Å². The first kappa shape index (κ1) is 11.3. The van der Waals surface area contributed by atoms with Crippen molar-refractivity contribution in [1.82, 2.24) is 5.32 Å². The Balaban J connectivity index is 2.25. The molecule has 3 heteroatoms. The van der Waals surface area contributed by atoms with Crippen molar-refractivity contribution in [3.8, 4) is 0 Å². The minimum atomic E-state index is -0.267. The van der Waals surface area contributed by atoms with Gasteiger partial charge in [0.2, 0.25) is 0 Å². The molecule has 1 fully saturated rings. The molecule has 1 aliphatic carbocycles. The van der Waals surface area contributed by atoms with Gasteiger partial charge in [0.1, 0.15) is 6.10 Å². The molecule has 1 rings (SSSR count). The van der Waals surface area contributed by atoms with Gasteiger partial charge in [0.25, 0.3) is 0 Å². The molecule has 0 spiro atoms. The largest absolute Gasteiger partial charge is 0.446 e. The predicted molar refractivity (Wildman–Crippen MR) is 56.2 cm³/mol. The van der Waals surface area contributed by atoms with Crippen molar-refractivity contribution in [1.29, 1.82) is 0 Å². The monoisotopic (exact) mass is 199 g/mol. The molecule has 0 saturated heterocycles. The van der Waals surface area contributed by atoms with Crippen molar-refractivity contribution in [2.45, 2.75) is 59.1 Å². The number of carbonyl (C=O) groups excluding carboxylic acids is 1. The maximum absolute atomic E-state index is 11.4. The van der Waals surface area contributed by atoms with E-state index in [-0.39, 0.29) is 23.7 Å². The standard InChI is InChI=1S/C11H21NO2/c1-8(11(2,3)4)12-10(13)14-9-6-5-7-9/h8-9H,5-7H2,1-4H3,(H,12,13). The van der Waals surface area contributed by atoms with Gasteiger partial charge in [-0.3, -0.25) is 0 Å². The molecule has 0 heterocycles. The highest BCUT2D eigenvalue weighted by Gasteiger charge is 2.25. The Kier molecular flexibility index (Phi) is 3.40. The van der Waals surface area contributed by atoms with Crippen LogP contribution in [0.4, 0.5) is 4.79 Å². The van der Waals surface area contributed by atoms with Crippen molar-refractivity contribution in [2.24, 2.45) is 5.41 Å². The molecule has 82 valence electrons. The summed E-state index contributed by atoms with van der Waals surface area (Å²) in [5.41, 5.74) is 0.0820. The second-order valence-electron chi connectivity index (χ2n) is 5.19. The van der Waals surface area contributed by atoms with Gasteiger partial charge in [-0.05, 0) is 31.6 Å². The number of ether oxygens (including phenoxy) is 1. The number of hydrogen-bond donors (Lipinski definition) is 1. The number of alkyl carbamates (subject to hydrolysis) is 1. The van der Waals surface area contributed by atoms with Crippen molar-refractivity contribution in [2.75, 3.05) is 0 Å². The zero-order valence-corrected chi connectivity index (χ0v) is 9.59. The highest BCUT2D eigenvalue weighted by atomic mass is 16.6. The third-order valence-corrected chi connectivity index (χ3v) is 2.96.